The van der Waals surface area contributed by atoms with E-state index in [4.69, 9.17) is 11.6 Å². The summed E-state index contributed by atoms with van der Waals surface area (Å²) in [4.78, 5) is 23.1. The van der Waals surface area contributed by atoms with Gasteiger partial charge in [0.15, 0.2) is 0 Å². The Balaban J connectivity index is 2.78. The van der Waals surface area contributed by atoms with E-state index in [9.17, 15) is 22.8 Å². The lowest BCUT2D eigenvalue weighted by Crippen LogP contribution is -2.44. The summed E-state index contributed by atoms with van der Waals surface area (Å²) in [5.41, 5.74) is -0.806. The predicted octanol–water partition coefficient (Wildman–Crippen LogP) is 3.01. The highest BCUT2D eigenvalue weighted by molar-refractivity contribution is 6.31. The highest BCUT2D eigenvalue weighted by Gasteiger charge is 2.33. The largest absolute Gasteiger partial charge is 0.417 e. The standard InChI is InChI=1S/C15H16ClF3N2O2/c1-3-20-14(23)9(2)21-13(22)7-5-10-4-6-12(16)11(8-10)15(17,18)19/h4-9H,3H2,1-2H3,(H,20,23)(H,21,22)/b7-5+. The van der Waals surface area contributed by atoms with Crippen LogP contribution in [0.4, 0.5) is 13.2 Å². The minimum absolute atomic E-state index is 0.169. The minimum Gasteiger partial charge on any atom is -0.355 e. The van der Waals surface area contributed by atoms with E-state index >= 15 is 0 Å². The average Bonchev–Trinajstić information content (AvgIpc) is 2.45. The van der Waals surface area contributed by atoms with E-state index < -0.39 is 28.7 Å². The third-order valence-corrected chi connectivity index (χ3v) is 3.16. The van der Waals surface area contributed by atoms with Gasteiger partial charge in [-0.15, -0.1) is 0 Å². The van der Waals surface area contributed by atoms with E-state index in [1.54, 1.807) is 6.92 Å². The van der Waals surface area contributed by atoms with Crippen LogP contribution in [-0.4, -0.2) is 24.4 Å². The van der Waals surface area contributed by atoms with Crippen molar-refractivity contribution in [3.63, 3.8) is 0 Å². The number of carbonyl (C=O) groups excluding carboxylic acids is 2. The molecule has 1 unspecified atom stereocenters. The van der Waals surface area contributed by atoms with E-state index in [1.165, 1.54) is 19.1 Å². The van der Waals surface area contributed by atoms with Gasteiger partial charge in [0.1, 0.15) is 6.04 Å². The summed E-state index contributed by atoms with van der Waals surface area (Å²) in [6, 6.07) is 2.57. The van der Waals surface area contributed by atoms with Crippen molar-refractivity contribution < 1.29 is 22.8 Å². The highest BCUT2D eigenvalue weighted by atomic mass is 35.5. The maximum absolute atomic E-state index is 12.7. The number of amides is 2. The first-order valence-electron chi connectivity index (χ1n) is 6.78. The third-order valence-electron chi connectivity index (χ3n) is 2.83. The van der Waals surface area contributed by atoms with Gasteiger partial charge in [-0.2, -0.15) is 13.2 Å². The Morgan fingerprint density at radius 2 is 2.00 bits per heavy atom. The van der Waals surface area contributed by atoms with Crippen molar-refractivity contribution in [1.82, 2.24) is 10.6 Å². The highest BCUT2D eigenvalue weighted by Crippen LogP contribution is 2.35. The molecule has 0 heterocycles. The Labute approximate surface area is 136 Å². The average molecular weight is 349 g/mol. The molecular formula is C15H16ClF3N2O2. The maximum Gasteiger partial charge on any atom is 0.417 e. The molecule has 0 radical (unpaired) electrons. The zero-order valence-corrected chi connectivity index (χ0v) is 13.3. The van der Waals surface area contributed by atoms with Crippen LogP contribution < -0.4 is 10.6 Å². The second-order valence-corrected chi connectivity index (χ2v) is 5.10. The van der Waals surface area contributed by atoms with Gasteiger partial charge >= 0.3 is 6.18 Å². The van der Waals surface area contributed by atoms with Gasteiger partial charge in [-0.1, -0.05) is 17.7 Å². The van der Waals surface area contributed by atoms with E-state index in [0.29, 0.717) is 6.54 Å². The van der Waals surface area contributed by atoms with Crippen LogP contribution in [0.3, 0.4) is 0 Å². The second kappa shape index (κ2) is 8.01. The molecule has 1 atom stereocenters. The summed E-state index contributed by atoms with van der Waals surface area (Å²) < 4.78 is 38.2. The monoisotopic (exact) mass is 348 g/mol. The fraction of sp³-hybridized carbons (Fsp3) is 0.333. The molecule has 23 heavy (non-hydrogen) atoms. The molecule has 0 spiro atoms. The molecule has 0 bridgehead atoms. The molecule has 2 N–H and O–H groups in total. The molecular weight excluding hydrogens is 333 g/mol. The first-order chi connectivity index (χ1) is 10.6. The quantitative estimate of drug-likeness (QED) is 0.804. The van der Waals surface area contributed by atoms with Crippen LogP contribution in [0, 0.1) is 0 Å². The van der Waals surface area contributed by atoms with Crippen molar-refractivity contribution in [2.75, 3.05) is 6.54 Å². The SMILES string of the molecule is CCNC(=O)C(C)NC(=O)/C=C/c1ccc(Cl)c(C(F)(F)F)c1. The normalized spacial score (nSPS) is 13.0. The number of rotatable bonds is 5. The first kappa shape index (κ1) is 19.0. The van der Waals surface area contributed by atoms with Crippen molar-refractivity contribution in [2.24, 2.45) is 0 Å². The molecule has 0 saturated heterocycles. The summed E-state index contributed by atoms with van der Waals surface area (Å²) in [5, 5.41) is 4.53. The summed E-state index contributed by atoms with van der Waals surface area (Å²) in [6.45, 7) is 3.67. The number of nitrogens with one attached hydrogen (secondary N) is 2. The van der Waals surface area contributed by atoms with E-state index in [2.05, 4.69) is 10.6 Å². The molecule has 126 valence electrons. The van der Waals surface area contributed by atoms with E-state index in [1.807, 2.05) is 0 Å². The van der Waals surface area contributed by atoms with Crippen molar-refractivity contribution in [2.45, 2.75) is 26.1 Å². The van der Waals surface area contributed by atoms with Crippen molar-refractivity contribution in [3.8, 4) is 0 Å². The van der Waals surface area contributed by atoms with Crippen LogP contribution >= 0.6 is 11.6 Å². The van der Waals surface area contributed by atoms with Gasteiger partial charge in [-0.05, 0) is 37.6 Å². The van der Waals surface area contributed by atoms with Gasteiger partial charge in [-0.3, -0.25) is 9.59 Å². The summed E-state index contributed by atoms with van der Waals surface area (Å²) >= 11 is 5.51. The number of alkyl halides is 3. The van der Waals surface area contributed by atoms with Crippen molar-refractivity contribution >= 4 is 29.5 Å². The van der Waals surface area contributed by atoms with E-state index in [-0.39, 0.29) is 11.5 Å². The van der Waals surface area contributed by atoms with E-state index in [0.717, 1.165) is 18.2 Å². The van der Waals surface area contributed by atoms with Gasteiger partial charge in [-0.25, -0.2) is 0 Å². The fourth-order valence-electron chi connectivity index (χ4n) is 1.69. The van der Waals surface area contributed by atoms with Crippen LogP contribution in [0.15, 0.2) is 24.3 Å². The van der Waals surface area contributed by atoms with Gasteiger partial charge in [0.2, 0.25) is 11.8 Å². The molecule has 2 amide bonds. The van der Waals surface area contributed by atoms with Gasteiger partial charge in [0, 0.05) is 12.6 Å². The number of benzene rings is 1. The molecule has 0 aromatic heterocycles. The number of hydrogen-bond donors (Lipinski definition) is 2. The molecule has 0 aliphatic heterocycles. The smallest absolute Gasteiger partial charge is 0.355 e. The summed E-state index contributed by atoms with van der Waals surface area (Å²) in [5.74, 6) is -0.938. The molecule has 1 aromatic rings. The molecule has 8 heteroatoms. The van der Waals surface area contributed by atoms with Gasteiger partial charge in [0.25, 0.3) is 0 Å². The topological polar surface area (TPSA) is 58.2 Å². The van der Waals surface area contributed by atoms with Crippen LogP contribution in [0.5, 0.6) is 0 Å². The minimum atomic E-state index is -4.57. The molecule has 1 rings (SSSR count). The van der Waals surface area contributed by atoms with Crippen LogP contribution in [-0.2, 0) is 15.8 Å². The molecule has 0 fully saturated rings. The Morgan fingerprint density at radius 1 is 1.35 bits per heavy atom. The lowest BCUT2D eigenvalue weighted by Gasteiger charge is -2.11. The molecule has 0 saturated carbocycles. The summed E-state index contributed by atoms with van der Waals surface area (Å²) in [7, 11) is 0. The van der Waals surface area contributed by atoms with Crippen molar-refractivity contribution in [3.05, 3.63) is 40.4 Å². The number of halogens is 4. The Kier molecular flexibility index (Phi) is 6.62. The van der Waals surface area contributed by atoms with Crippen LogP contribution in [0.1, 0.15) is 25.0 Å². The Morgan fingerprint density at radius 3 is 2.57 bits per heavy atom. The van der Waals surface area contributed by atoms with Gasteiger partial charge in [0.05, 0.1) is 10.6 Å². The lowest BCUT2D eigenvalue weighted by molar-refractivity contribution is -0.137. The molecule has 4 nitrogen and oxygen atoms in total. The number of hydrogen-bond acceptors (Lipinski definition) is 2. The zero-order valence-electron chi connectivity index (χ0n) is 12.5. The predicted molar refractivity (Wildman–Crippen MR) is 81.8 cm³/mol. The van der Waals surface area contributed by atoms with Crippen LogP contribution in [0.25, 0.3) is 6.08 Å². The molecule has 0 aliphatic rings. The van der Waals surface area contributed by atoms with Crippen LogP contribution in [0.2, 0.25) is 5.02 Å². The second-order valence-electron chi connectivity index (χ2n) is 4.70. The Bertz CT molecular complexity index is 615. The van der Waals surface area contributed by atoms with Gasteiger partial charge < -0.3 is 10.6 Å². The van der Waals surface area contributed by atoms with Crippen molar-refractivity contribution in [1.29, 1.82) is 0 Å². The maximum atomic E-state index is 12.7. The zero-order chi connectivity index (χ0) is 17.6. The molecule has 1 aromatic carbocycles. The third kappa shape index (κ3) is 5.94. The summed E-state index contributed by atoms with van der Waals surface area (Å²) in [6.07, 6.45) is -2.31. The first-order valence-corrected chi connectivity index (χ1v) is 7.16. The molecule has 0 aliphatic carbocycles. The fourth-order valence-corrected chi connectivity index (χ4v) is 1.91. The Hall–Kier alpha value is -2.02. The number of carbonyl (C=O) groups is 2. The lowest BCUT2D eigenvalue weighted by atomic mass is 10.1. The number of likely N-dealkylation sites (N-methyl/N-ethyl adjacent to an activating group) is 1.